The van der Waals surface area contributed by atoms with Crippen LogP contribution in [-0.2, 0) is 4.74 Å². The third-order valence-corrected chi connectivity index (χ3v) is 3.28. The van der Waals surface area contributed by atoms with Gasteiger partial charge in [-0.3, -0.25) is 20.2 Å². The number of nitro groups is 2. The molecule has 2 aromatic rings. The molecule has 0 bridgehead atoms. The summed E-state index contributed by atoms with van der Waals surface area (Å²) < 4.78 is 9.74. The number of hydrogen-bond donors (Lipinski definition) is 1. The van der Waals surface area contributed by atoms with Crippen molar-refractivity contribution in [2.75, 3.05) is 19.5 Å². The van der Waals surface area contributed by atoms with Crippen LogP contribution in [0.4, 0.5) is 22.7 Å². The number of nitrogens with one attached hydrogen (secondary N) is 1. The van der Waals surface area contributed by atoms with E-state index in [1.165, 1.54) is 7.11 Å². The molecule has 0 saturated carbocycles. The number of hydrogen-bond acceptors (Lipinski definition) is 8. The molecule has 0 aliphatic heterocycles. The molecule has 25 heavy (non-hydrogen) atoms. The molecule has 0 aliphatic carbocycles. The van der Waals surface area contributed by atoms with E-state index in [2.05, 4.69) is 10.1 Å². The summed E-state index contributed by atoms with van der Waals surface area (Å²) in [5.41, 5.74) is -1.47. The lowest BCUT2D eigenvalue weighted by molar-refractivity contribution is -0.393. The van der Waals surface area contributed by atoms with E-state index < -0.39 is 27.2 Å². The lowest BCUT2D eigenvalue weighted by atomic mass is 10.1. The fourth-order valence-corrected chi connectivity index (χ4v) is 2.15. The number of methoxy groups -OCH3 is 2. The first kappa shape index (κ1) is 17.7. The smallest absolute Gasteiger partial charge is 0.340 e. The van der Waals surface area contributed by atoms with Gasteiger partial charge in [0.05, 0.1) is 41.4 Å². The average molecular weight is 347 g/mol. The van der Waals surface area contributed by atoms with Crippen LogP contribution in [0, 0.1) is 20.2 Å². The highest BCUT2D eigenvalue weighted by Crippen LogP contribution is 2.38. The highest BCUT2D eigenvalue weighted by Gasteiger charge is 2.28. The summed E-state index contributed by atoms with van der Waals surface area (Å²) in [5.74, 6) is -0.588. The van der Waals surface area contributed by atoms with Crippen LogP contribution >= 0.6 is 0 Å². The van der Waals surface area contributed by atoms with Gasteiger partial charge in [-0.15, -0.1) is 0 Å². The normalized spacial score (nSPS) is 10.0. The first-order valence-electron chi connectivity index (χ1n) is 6.84. The van der Waals surface area contributed by atoms with Crippen molar-refractivity contribution in [3.05, 3.63) is 62.2 Å². The number of non-ortho nitro benzene ring substituents is 1. The summed E-state index contributed by atoms with van der Waals surface area (Å²) in [6, 6.07) is 8.21. The predicted octanol–water partition coefficient (Wildman–Crippen LogP) is 3.04. The van der Waals surface area contributed by atoms with Crippen LogP contribution in [0.1, 0.15) is 10.4 Å². The van der Waals surface area contributed by atoms with Gasteiger partial charge >= 0.3 is 5.97 Å². The van der Waals surface area contributed by atoms with E-state index in [1.807, 2.05) is 0 Å². The highest BCUT2D eigenvalue weighted by atomic mass is 16.6. The Bertz CT molecular complexity index is 851. The lowest BCUT2D eigenvalue weighted by Gasteiger charge is -2.13. The number of carbonyl (C=O) groups excluding carboxylic acids is 1. The molecule has 0 saturated heterocycles. The molecule has 0 spiro atoms. The number of ether oxygens (including phenoxy) is 2. The number of nitrogens with zero attached hydrogens (tertiary/aromatic N) is 2. The molecule has 0 aromatic heterocycles. The third kappa shape index (κ3) is 3.63. The molecular formula is C15H13N3O7. The number of anilines is 2. The Morgan fingerprint density at radius 1 is 1.08 bits per heavy atom. The topological polar surface area (TPSA) is 134 Å². The molecule has 0 unspecified atom stereocenters. The fraction of sp³-hybridized carbons (Fsp3) is 0.133. The van der Waals surface area contributed by atoms with E-state index in [9.17, 15) is 25.0 Å². The van der Waals surface area contributed by atoms with Crippen molar-refractivity contribution in [3.8, 4) is 5.75 Å². The first-order chi connectivity index (χ1) is 11.9. The van der Waals surface area contributed by atoms with E-state index in [0.29, 0.717) is 11.4 Å². The van der Waals surface area contributed by atoms with Gasteiger partial charge in [-0.25, -0.2) is 4.79 Å². The second-order valence-electron chi connectivity index (χ2n) is 4.72. The van der Waals surface area contributed by atoms with Crippen molar-refractivity contribution >= 4 is 28.7 Å². The van der Waals surface area contributed by atoms with Crippen molar-refractivity contribution in [2.45, 2.75) is 0 Å². The Morgan fingerprint density at radius 3 is 2.32 bits per heavy atom. The molecule has 0 atom stereocenters. The maximum absolute atomic E-state index is 12.0. The van der Waals surface area contributed by atoms with Crippen molar-refractivity contribution in [1.82, 2.24) is 0 Å². The van der Waals surface area contributed by atoms with E-state index in [0.717, 1.165) is 19.2 Å². The second kappa shape index (κ2) is 7.25. The quantitative estimate of drug-likeness (QED) is 0.478. The maximum Gasteiger partial charge on any atom is 0.340 e. The summed E-state index contributed by atoms with van der Waals surface area (Å²) in [6.45, 7) is 0. The standard InChI is InChI=1S/C15H13N3O7/c1-24-13-6-4-3-5-11(13)16-14-10(15(19)25-2)7-9(17(20)21)8-12(14)18(22)23/h3-8,16H,1-2H3. The van der Waals surface area contributed by atoms with Crippen LogP contribution < -0.4 is 10.1 Å². The molecule has 0 aliphatic rings. The summed E-state index contributed by atoms with van der Waals surface area (Å²) >= 11 is 0. The van der Waals surface area contributed by atoms with E-state index in [1.54, 1.807) is 24.3 Å². The third-order valence-electron chi connectivity index (χ3n) is 3.28. The zero-order valence-electron chi connectivity index (χ0n) is 13.2. The van der Waals surface area contributed by atoms with Crippen LogP contribution in [-0.4, -0.2) is 30.0 Å². The molecule has 2 aromatic carbocycles. The number of para-hydroxylation sites is 2. The highest BCUT2D eigenvalue weighted by molar-refractivity contribution is 6.00. The molecular weight excluding hydrogens is 334 g/mol. The van der Waals surface area contributed by atoms with Crippen LogP contribution in [0.5, 0.6) is 5.75 Å². The Hall–Kier alpha value is -3.69. The Kier molecular flexibility index (Phi) is 5.12. The van der Waals surface area contributed by atoms with Gasteiger partial charge in [0.15, 0.2) is 0 Å². The van der Waals surface area contributed by atoms with Gasteiger partial charge in [0.2, 0.25) is 0 Å². The Labute approximate surface area is 141 Å². The minimum Gasteiger partial charge on any atom is -0.495 e. The summed E-state index contributed by atoms with van der Waals surface area (Å²) in [5, 5.41) is 25.1. The fourth-order valence-electron chi connectivity index (χ4n) is 2.15. The molecule has 10 heteroatoms. The minimum atomic E-state index is -0.954. The van der Waals surface area contributed by atoms with Gasteiger partial charge in [-0.1, -0.05) is 12.1 Å². The molecule has 1 N–H and O–H groups in total. The van der Waals surface area contributed by atoms with Crippen LogP contribution in [0.2, 0.25) is 0 Å². The Balaban J connectivity index is 2.70. The number of esters is 1. The number of rotatable bonds is 6. The monoisotopic (exact) mass is 347 g/mol. The zero-order chi connectivity index (χ0) is 18.6. The minimum absolute atomic E-state index is 0.230. The molecule has 130 valence electrons. The van der Waals surface area contributed by atoms with Gasteiger partial charge in [-0.2, -0.15) is 0 Å². The van der Waals surface area contributed by atoms with Gasteiger partial charge < -0.3 is 14.8 Å². The Morgan fingerprint density at radius 2 is 1.76 bits per heavy atom. The van der Waals surface area contributed by atoms with E-state index in [-0.39, 0.29) is 11.3 Å². The average Bonchev–Trinajstić information content (AvgIpc) is 2.61. The van der Waals surface area contributed by atoms with Crippen LogP contribution in [0.25, 0.3) is 0 Å². The van der Waals surface area contributed by atoms with Crippen LogP contribution in [0.3, 0.4) is 0 Å². The van der Waals surface area contributed by atoms with Gasteiger partial charge in [0.25, 0.3) is 11.4 Å². The second-order valence-corrected chi connectivity index (χ2v) is 4.72. The molecule has 0 fully saturated rings. The predicted molar refractivity (Wildman–Crippen MR) is 87.4 cm³/mol. The van der Waals surface area contributed by atoms with Gasteiger partial charge in [0, 0.05) is 6.07 Å². The summed E-state index contributed by atoms with van der Waals surface area (Å²) in [7, 11) is 2.48. The largest absolute Gasteiger partial charge is 0.495 e. The summed E-state index contributed by atoms with van der Waals surface area (Å²) in [4.78, 5) is 32.7. The van der Waals surface area contributed by atoms with E-state index in [4.69, 9.17) is 4.74 Å². The maximum atomic E-state index is 12.0. The van der Waals surface area contributed by atoms with Gasteiger partial charge in [-0.05, 0) is 12.1 Å². The SMILES string of the molecule is COC(=O)c1cc([N+](=O)[O-])cc([N+](=O)[O-])c1Nc1ccccc1OC. The van der Waals surface area contributed by atoms with Crippen molar-refractivity contribution in [2.24, 2.45) is 0 Å². The van der Waals surface area contributed by atoms with Crippen molar-refractivity contribution < 1.29 is 24.1 Å². The van der Waals surface area contributed by atoms with Crippen molar-refractivity contribution in [3.63, 3.8) is 0 Å². The first-order valence-corrected chi connectivity index (χ1v) is 6.84. The number of benzene rings is 2. The summed E-state index contributed by atoms with van der Waals surface area (Å²) in [6.07, 6.45) is 0. The zero-order valence-corrected chi connectivity index (χ0v) is 13.2. The number of nitro benzene ring substituents is 2. The lowest BCUT2D eigenvalue weighted by Crippen LogP contribution is -2.09. The molecule has 10 nitrogen and oxygen atoms in total. The van der Waals surface area contributed by atoms with Crippen LogP contribution in [0.15, 0.2) is 36.4 Å². The van der Waals surface area contributed by atoms with Gasteiger partial charge in [0.1, 0.15) is 11.4 Å². The number of carbonyl (C=O) groups is 1. The molecule has 2 rings (SSSR count). The molecule has 0 heterocycles. The van der Waals surface area contributed by atoms with Crippen molar-refractivity contribution in [1.29, 1.82) is 0 Å². The molecule has 0 amide bonds. The van der Waals surface area contributed by atoms with E-state index >= 15 is 0 Å². The molecule has 0 radical (unpaired) electrons.